The van der Waals surface area contributed by atoms with Crippen LogP contribution in [-0.2, 0) is 0 Å². The van der Waals surface area contributed by atoms with E-state index in [1.807, 2.05) is 29.8 Å². The van der Waals surface area contributed by atoms with Crippen LogP contribution in [0.25, 0.3) is 21.7 Å². The van der Waals surface area contributed by atoms with Gasteiger partial charge in [0.1, 0.15) is 10.4 Å². The summed E-state index contributed by atoms with van der Waals surface area (Å²) in [6, 6.07) is 5.86. The Morgan fingerprint density at radius 1 is 1.38 bits per heavy atom. The Morgan fingerprint density at radius 3 is 3.23 bits per heavy atom. The van der Waals surface area contributed by atoms with Crippen molar-refractivity contribution in [1.29, 1.82) is 0 Å². The van der Waals surface area contributed by atoms with E-state index in [1.165, 1.54) is 0 Å². The van der Waals surface area contributed by atoms with E-state index in [4.69, 9.17) is 4.52 Å². The number of aromatic nitrogens is 2. The molecule has 0 atom stereocenters. The number of thiophene rings is 1. The molecule has 3 heterocycles. The van der Waals surface area contributed by atoms with Crippen molar-refractivity contribution in [2.24, 2.45) is 0 Å². The molecule has 3 aromatic heterocycles. The average Bonchev–Trinajstić information content (AvgIpc) is 2.79. The molecule has 64 valence electrons. The van der Waals surface area contributed by atoms with Crippen molar-refractivity contribution in [3.8, 4) is 11.4 Å². The molecule has 0 radical (unpaired) electrons. The zero-order chi connectivity index (χ0) is 8.67. The maximum absolute atomic E-state index is 5.15. The molecule has 0 amide bonds. The van der Waals surface area contributed by atoms with E-state index >= 15 is 0 Å². The minimum Gasteiger partial charge on any atom is -0.360 e. The van der Waals surface area contributed by atoms with Crippen LogP contribution in [0.15, 0.2) is 34.3 Å². The lowest BCUT2D eigenvalue weighted by atomic mass is 10.3. The van der Waals surface area contributed by atoms with E-state index in [-0.39, 0.29) is 0 Å². The smallest absolute Gasteiger partial charge is 0.178 e. The van der Waals surface area contributed by atoms with E-state index in [1.54, 1.807) is 11.3 Å². The third-order valence-electron chi connectivity index (χ3n) is 1.93. The molecular formula is C9H6N2OS. The van der Waals surface area contributed by atoms with Gasteiger partial charge in [-0.2, -0.15) is 0 Å². The maximum atomic E-state index is 5.15. The van der Waals surface area contributed by atoms with Gasteiger partial charge in [0.15, 0.2) is 5.58 Å². The molecular weight excluding hydrogens is 184 g/mol. The van der Waals surface area contributed by atoms with Crippen molar-refractivity contribution in [3.63, 3.8) is 0 Å². The molecule has 0 aliphatic heterocycles. The SMILES string of the molecule is c1c[nH]c(-c2noc3ccsc23)c1. The minimum atomic E-state index is 0.856. The number of rotatable bonds is 1. The molecule has 1 N–H and O–H groups in total. The Labute approximate surface area is 78.0 Å². The Bertz CT molecular complexity index is 521. The van der Waals surface area contributed by atoms with Gasteiger partial charge < -0.3 is 9.51 Å². The quantitative estimate of drug-likeness (QED) is 0.641. The van der Waals surface area contributed by atoms with Gasteiger partial charge in [0, 0.05) is 6.20 Å². The van der Waals surface area contributed by atoms with E-state index in [0.29, 0.717) is 0 Å². The highest BCUT2D eigenvalue weighted by molar-refractivity contribution is 7.17. The largest absolute Gasteiger partial charge is 0.360 e. The molecule has 0 saturated heterocycles. The molecule has 3 rings (SSSR count). The molecule has 0 saturated carbocycles. The lowest BCUT2D eigenvalue weighted by Crippen LogP contribution is -1.74. The number of nitrogens with zero attached hydrogens (tertiary/aromatic N) is 1. The van der Waals surface area contributed by atoms with Crippen LogP contribution in [0.1, 0.15) is 0 Å². The molecule has 4 heteroatoms. The van der Waals surface area contributed by atoms with Gasteiger partial charge in [0.2, 0.25) is 0 Å². The number of fused-ring (bicyclic) bond motifs is 1. The van der Waals surface area contributed by atoms with Crippen LogP contribution in [0.4, 0.5) is 0 Å². The van der Waals surface area contributed by atoms with Gasteiger partial charge >= 0.3 is 0 Å². The van der Waals surface area contributed by atoms with Gasteiger partial charge in [-0.15, -0.1) is 11.3 Å². The zero-order valence-corrected chi connectivity index (χ0v) is 7.47. The fraction of sp³-hybridized carbons (Fsp3) is 0. The zero-order valence-electron chi connectivity index (χ0n) is 6.65. The van der Waals surface area contributed by atoms with Crippen LogP contribution in [0.2, 0.25) is 0 Å². The average molecular weight is 190 g/mol. The molecule has 0 spiro atoms. The lowest BCUT2D eigenvalue weighted by molar-refractivity contribution is 0.459. The molecule has 0 unspecified atom stereocenters. The number of nitrogens with one attached hydrogen (secondary N) is 1. The first-order chi connectivity index (χ1) is 6.45. The molecule has 0 aromatic carbocycles. The maximum Gasteiger partial charge on any atom is 0.178 e. The summed E-state index contributed by atoms with van der Waals surface area (Å²) in [6.07, 6.45) is 1.88. The molecule has 3 nitrogen and oxygen atoms in total. The summed E-state index contributed by atoms with van der Waals surface area (Å²) >= 11 is 1.64. The number of aromatic amines is 1. The Hall–Kier alpha value is -1.55. The summed E-state index contributed by atoms with van der Waals surface area (Å²) in [7, 11) is 0. The molecule has 0 fully saturated rings. The van der Waals surface area contributed by atoms with Gasteiger partial charge in [-0.25, -0.2) is 0 Å². The van der Waals surface area contributed by atoms with Crippen LogP contribution in [0.5, 0.6) is 0 Å². The van der Waals surface area contributed by atoms with Gasteiger partial charge in [0.05, 0.1) is 5.69 Å². The molecule has 0 bridgehead atoms. The van der Waals surface area contributed by atoms with Crippen LogP contribution < -0.4 is 0 Å². The third-order valence-corrected chi connectivity index (χ3v) is 2.83. The summed E-state index contributed by atoms with van der Waals surface area (Å²) in [6.45, 7) is 0. The van der Waals surface area contributed by atoms with E-state index in [0.717, 1.165) is 21.7 Å². The first-order valence-electron chi connectivity index (χ1n) is 3.92. The summed E-state index contributed by atoms with van der Waals surface area (Å²) < 4.78 is 6.25. The molecule has 13 heavy (non-hydrogen) atoms. The highest BCUT2D eigenvalue weighted by atomic mass is 32.1. The van der Waals surface area contributed by atoms with Gasteiger partial charge in [0.25, 0.3) is 0 Å². The standard InChI is InChI=1S/C9H6N2OS/c1-2-6(10-4-1)8-9-7(12-11-8)3-5-13-9/h1-5,10H. The fourth-order valence-electron chi connectivity index (χ4n) is 1.33. The van der Waals surface area contributed by atoms with Crippen molar-refractivity contribution >= 4 is 21.6 Å². The molecule has 0 aliphatic carbocycles. The van der Waals surface area contributed by atoms with Gasteiger partial charge in [-0.05, 0) is 23.6 Å². The second-order valence-electron chi connectivity index (χ2n) is 2.73. The van der Waals surface area contributed by atoms with Crippen molar-refractivity contribution in [2.45, 2.75) is 0 Å². The highest BCUT2D eigenvalue weighted by Crippen LogP contribution is 2.30. The van der Waals surface area contributed by atoms with Crippen molar-refractivity contribution in [3.05, 3.63) is 29.8 Å². The molecule has 0 aliphatic rings. The van der Waals surface area contributed by atoms with Gasteiger partial charge in [-0.3, -0.25) is 0 Å². The monoisotopic (exact) mass is 190 g/mol. The van der Waals surface area contributed by atoms with Crippen molar-refractivity contribution in [2.75, 3.05) is 0 Å². The number of hydrogen-bond acceptors (Lipinski definition) is 3. The number of hydrogen-bond donors (Lipinski definition) is 1. The van der Waals surface area contributed by atoms with Crippen LogP contribution in [0, 0.1) is 0 Å². The van der Waals surface area contributed by atoms with Crippen LogP contribution in [0.3, 0.4) is 0 Å². The van der Waals surface area contributed by atoms with Gasteiger partial charge in [-0.1, -0.05) is 5.16 Å². The Balaban J connectivity index is 2.33. The Morgan fingerprint density at radius 2 is 2.38 bits per heavy atom. The predicted molar refractivity (Wildman–Crippen MR) is 51.7 cm³/mol. The Kier molecular flexibility index (Phi) is 1.31. The van der Waals surface area contributed by atoms with E-state index in [9.17, 15) is 0 Å². The van der Waals surface area contributed by atoms with E-state index in [2.05, 4.69) is 10.1 Å². The third kappa shape index (κ3) is 0.922. The second-order valence-corrected chi connectivity index (χ2v) is 3.65. The minimum absolute atomic E-state index is 0.856. The predicted octanol–water partition coefficient (Wildman–Crippen LogP) is 2.88. The summed E-state index contributed by atoms with van der Waals surface area (Å²) in [5, 5.41) is 6.00. The first-order valence-corrected chi connectivity index (χ1v) is 4.80. The topological polar surface area (TPSA) is 41.8 Å². The molecule has 3 aromatic rings. The van der Waals surface area contributed by atoms with E-state index < -0.39 is 0 Å². The highest BCUT2D eigenvalue weighted by Gasteiger charge is 2.11. The summed E-state index contributed by atoms with van der Waals surface area (Å²) in [5.74, 6) is 0. The normalized spacial score (nSPS) is 11.1. The fourth-order valence-corrected chi connectivity index (χ4v) is 2.14. The van der Waals surface area contributed by atoms with Crippen LogP contribution in [-0.4, -0.2) is 10.1 Å². The van der Waals surface area contributed by atoms with Crippen molar-refractivity contribution in [1.82, 2.24) is 10.1 Å². The lowest BCUT2D eigenvalue weighted by Gasteiger charge is -1.86. The summed E-state index contributed by atoms with van der Waals surface area (Å²) in [4.78, 5) is 3.11. The summed E-state index contributed by atoms with van der Waals surface area (Å²) in [5.41, 5.74) is 2.76. The van der Waals surface area contributed by atoms with Crippen molar-refractivity contribution < 1.29 is 4.52 Å². The second kappa shape index (κ2) is 2.47. The van der Waals surface area contributed by atoms with Crippen LogP contribution >= 0.6 is 11.3 Å². The number of H-pyrrole nitrogens is 1. The first kappa shape index (κ1) is 6.91.